The molecular weight excluding hydrogens is 259 g/mol. The summed E-state index contributed by atoms with van der Waals surface area (Å²) in [7, 11) is 0. The lowest BCUT2D eigenvalue weighted by atomic mass is 10.2. The maximum absolute atomic E-state index is 12.7. The predicted octanol–water partition coefficient (Wildman–Crippen LogP) is 3.20. The Kier molecular flexibility index (Phi) is 4.44. The van der Waals surface area contributed by atoms with Gasteiger partial charge in [0.2, 0.25) is 0 Å². The van der Waals surface area contributed by atoms with Crippen LogP contribution in [0.1, 0.15) is 12.5 Å². The number of carbonyl (C=O) groups excluding carboxylic acids is 1. The highest BCUT2D eigenvalue weighted by atomic mass is 19.1. The van der Waals surface area contributed by atoms with Gasteiger partial charge in [0.1, 0.15) is 11.6 Å². The normalized spacial score (nSPS) is 10.5. The molecule has 0 saturated heterocycles. The van der Waals surface area contributed by atoms with Crippen LogP contribution in [-0.4, -0.2) is 12.2 Å². The molecule has 1 N–H and O–H groups in total. The molecule has 20 heavy (non-hydrogen) atoms. The minimum atomic E-state index is -0.357. The van der Waals surface area contributed by atoms with Crippen LogP contribution in [0.4, 0.5) is 10.1 Å². The van der Waals surface area contributed by atoms with E-state index in [-0.39, 0.29) is 11.8 Å². The Balaban J connectivity index is 1.94. The van der Waals surface area contributed by atoms with E-state index in [0.29, 0.717) is 11.4 Å². The highest BCUT2D eigenvalue weighted by molar-refractivity contribution is 5.80. The van der Waals surface area contributed by atoms with Gasteiger partial charge in [-0.2, -0.15) is 5.10 Å². The van der Waals surface area contributed by atoms with Crippen molar-refractivity contribution in [2.45, 2.75) is 6.92 Å². The molecule has 0 aliphatic rings. The quantitative estimate of drug-likeness (QED) is 0.402. The summed E-state index contributed by atoms with van der Waals surface area (Å²) in [5.74, 6) is -0.161. The molecule has 0 unspecified atom stereocenters. The van der Waals surface area contributed by atoms with Gasteiger partial charge in [-0.05, 0) is 54.1 Å². The molecule has 0 heterocycles. The fourth-order valence-electron chi connectivity index (χ4n) is 1.49. The van der Waals surface area contributed by atoms with E-state index in [1.807, 2.05) is 0 Å². The molecule has 102 valence electrons. The molecule has 5 heteroatoms. The zero-order valence-electron chi connectivity index (χ0n) is 10.8. The van der Waals surface area contributed by atoms with Crippen LogP contribution in [0, 0.1) is 5.82 Å². The third-order valence-corrected chi connectivity index (χ3v) is 2.39. The van der Waals surface area contributed by atoms with Crippen molar-refractivity contribution in [1.29, 1.82) is 0 Å². The van der Waals surface area contributed by atoms with Crippen molar-refractivity contribution in [3.8, 4) is 5.75 Å². The molecule has 4 nitrogen and oxygen atoms in total. The summed E-state index contributed by atoms with van der Waals surface area (Å²) in [5, 5.41) is 4.03. The second-order valence-electron chi connectivity index (χ2n) is 4.04. The van der Waals surface area contributed by atoms with E-state index < -0.39 is 0 Å². The Morgan fingerprint density at radius 3 is 2.40 bits per heavy atom. The number of esters is 1. The van der Waals surface area contributed by atoms with E-state index in [9.17, 15) is 9.18 Å². The monoisotopic (exact) mass is 272 g/mol. The van der Waals surface area contributed by atoms with Gasteiger partial charge in [-0.1, -0.05) is 0 Å². The highest BCUT2D eigenvalue weighted by Gasteiger charge is 1.97. The van der Waals surface area contributed by atoms with Crippen LogP contribution < -0.4 is 10.2 Å². The Morgan fingerprint density at radius 1 is 1.15 bits per heavy atom. The number of hydrogen-bond donors (Lipinski definition) is 1. The van der Waals surface area contributed by atoms with Gasteiger partial charge < -0.3 is 4.74 Å². The summed E-state index contributed by atoms with van der Waals surface area (Å²) in [6.07, 6.45) is 1.61. The molecule has 2 rings (SSSR count). The van der Waals surface area contributed by atoms with Gasteiger partial charge in [0.25, 0.3) is 0 Å². The fraction of sp³-hybridized carbons (Fsp3) is 0.0667. The third-order valence-electron chi connectivity index (χ3n) is 2.39. The number of rotatable bonds is 4. The number of nitrogens with zero attached hydrogens (tertiary/aromatic N) is 1. The maximum Gasteiger partial charge on any atom is 0.308 e. The summed E-state index contributed by atoms with van der Waals surface area (Å²) in [5.41, 5.74) is 4.32. The first-order chi connectivity index (χ1) is 9.63. The maximum atomic E-state index is 12.7. The zero-order chi connectivity index (χ0) is 14.4. The van der Waals surface area contributed by atoms with Crippen LogP contribution in [0.3, 0.4) is 0 Å². The molecule has 0 atom stereocenters. The van der Waals surface area contributed by atoms with Crippen LogP contribution >= 0.6 is 0 Å². The van der Waals surface area contributed by atoms with Crippen molar-refractivity contribution in [3.63, 3.8) is 0 Å². The van der Waals surface area contributed by atoms with Crippen LogP contribution in [0.15, 0.2) is 53.6 Å². The molecule has 0 aromatic heterocycles. The number of benzene rings is 2. The molecule has 0 spiro atoms. The van der Waals surface area contributed by atoms with Crippen molar-refractivity contribution >= 4 is 17.9 Å². The molecular formula is C15H13FN2O2. The van der Waals surface area contributed by atoms with Crippen molar-refractivity contribution in [2.75, 3.05) is 5.43 Å². The number of halogens is 1. The average Bonchev–Trinajstić information content (AvgIpc) is 2.42. The lowest BCUT2D eigenvalue weighted by Gasteiger charge is -2.01. The molecule has 0 aliphatic heterocycles. The lowest BCUT2D eigenvalue weighted by molar-refractivity contribution is -0.131. The first-order valence-corrected chi connectivity index (χ1v) is 5.96. The van der Waals surface area contributed by atoms with E-state index in [0.717, 1.165) is 5.56 Å². The van der Waals surface area contributed by atoms with Crippen LogP contribution in [-0.2, 0) is 4.79 Å². The largest absolute Gasteiger partial charge is 0.427 e. The van der Waals surface area contributed by atoms with Gasteiger partial charge in [0.15, 0.2) is 0 Å². The summed E-state index contributed by atoms with van der Waals surface area (Å²) in [6.45, 7) is 1.35. The number of carbonyl (C=O) groups is 1. The number of hydrogen-bond acceptors (Lipinski definition) is 4. The summed E-state index contributed by atoms with van der Waals surface area (Å²) in [6, 6.07) is 12.8. The van der Waals surface area contributed by atoms with Gasteiger partial charge in [-0.15, -0.1) is 0 Å². The molecule has 2 aromatic rings. The van der Waals surface area contributed by atoms with Crippen molar-refractivity contribution in [2.24, 2.45) is 5.10 Å². The zero-order valence-corrected chi connectivity index (χ0v) is 10.8. The summed E-state index contributed by atoms with van der Waals surface area (Å²) in [4.78, 5) is 10.8. The second-order valence-corrected chi connectivity index (χ2v) is 4.04. The van der Waals surface area contributed by atoms with Gasteiger partial charge in [-0.25, -0.2) is 4.39 Å². The molecule has 0 saturated carbocycles. The van der Waals surface area contributed by atoms with Gasteiger partial charge >= 0.3 is 5.97 Å². The fourth-order valence-corrected chi connectivity index (χ4v) is 1.49. The number of nitrogens with one attached hydrogen (secondary N) is 1. The van der Waals surface area contributed by atoms with Gasteiger partial charge in [-0.3, -0.25) is 10.2 Å². The molecule has 0 radical (unpaired) electrons. The van der Waals surface area contributed by atoms with Crippen LogP contribution in [0.5, 0.6) is 5.75 Å². The first kappa shape index (κ1) is 13.7. The minimum absolute atomic E-state index is 0.291. The van der Waals surface area contributed by atoms with Gasteiger partial charge in [0, 0.05) is 6.92 Å². The smallest absolute Gasteiger partial charge is 0.308 e. The van der Waals surface area contributed by atoms with E-state index in [4.69, 9.17) is 4.74 Å². The van der Waals surface area contributed by atoms with Gasteiger partial charge in [0.05, 0.1) is 11.9 Å². The van der Waals surface area contributed by atoms with E-state index in [1.165, 1.54) is 19.1 Å². The SMILES string of the molecule is CC(=O)Oc1ccc(/C=N/Nc2ccc(F)cc2)cc1. The van der Waals surface area contributed by atoms with Crippen LogP contribution in [0.2, 0.25) is 0 Å². The summed E-state index contributed by atoms with van der Waals surface area (Å²) >= 11 is 0. The Hall–Kier alpha value is -2.69. The minimum Gasteiger partial charge on any atom is -0.427 e. The third kappa shape index (κ3) is 4.20. The van der Waals surface area contributed by atoms with Crippen molar-refractivity contribution in [3.05, 3.63) is 59.9 Å². The molecule has 0 aliphatic carbocycles. The Labute approximate surface area is 115 Å². The molecule has 0 bridgehead atoms. The number of anilines is 1. The Morgan fingerprint density at radius 2 is 1.80 bits per heavy atom. The van der Waals surface area contributed by atoms with E-state index in [1.54, 1.807) is 42.6 Å². The van der Waals surface area contributed by atoms with E-state index in [2.05, 4.69) is 10.5 Å². The lowest BCUT2D eigenvalue weighted by Crippen LogP contribution is -2.01. The molecule has 0 fully saturated rings. The average molecular weight is 272 g/mol. The first-order valence-electron chi connectivity index (χ1n) is 5.96. The Bertz CT molecular complexity index is 607. The second kappa shape index (κ2) is 6.47. The number of ether oxygens (including phenoxy) is 1. The highest BCUT2D eigenvalue weighted by Crippen LogP contribution is 2.11. The number of hydrazone groups is 1. The predicted molar refractivity (Wildman–Crippen MR) is 75.4 cm³/mol. The van der Waals surface area contributed by atoms with Crippen LogP contribution in [0.25, 0.3) is 0 Å². The van der Waals surface area contributed by atoms with Crippen molar-refractivity contribution < 1.29 is 13.9 Å². The standard InChI is InChI=1S/C15H13FN2O2/c1-11(19)20-15-8-2-12(3-9-15)10-17-18-14-6-4-13(16)5-7-14/h2-10,18H,1H3/b17-10+. The topological polar surface area (TPSA) is 50.7 Å². The molecule has 2 aromatic carbocycles. The van der Waals surface area contributed by atoms with Crippen molar-refractivity contribution in [1.82, 2.24) is 0 Å². The summed E-state index contributed by atoms with van der Waals surface area (Å²) < 4.78 is 17.6. The molecule has 0 amide bonds. The van der Waals surface area contributed by atoms with E-state index >= 15 is 0 Å².